The van der Waals surface area contributed by atoms with Gasteiger partial charge in [0.05, 0.1) is 6.54 Å². The number of thioether (sulfide) groups is 1. The Kier molecular flexibility index (Phi) is 9.22. The van der Waals surface area contributed by atoms with Gasteiger partial charge in [-0.05, 0) is 59.1 Å². The van der Waals surface area contributed by atoms with Gasteiger partial charge in [-0.1, -0.05) is 6.42 Å². The number of carbonyl (C=O) groups excluding carboxylic acids is 1. The van der Waals surface area contributed by atoms with Crippen molar-refractivity contribution in [3.05, 3.63) is 0 Å². The van der Waals surface area contributed by atoms with Crippen molar-refractivity contribution in [2.45, 2.75) is 76.1 Å². The average Bonchev–Trinajstić information content (AvgIpc) is 2.67. The van der Waals surface area contributed by atoms with Gasteiger partial charge in [0.15, 0.2) is 5.96 Å². The van der Waals surface area contributed by atoms with Gasteiger partial charge in [0.1, 0.15) is 0 Å². The largest absolute Gasteiger partial charge is 0.381 e. The second-order valence-corrected chi connectivity index (χ2v) is 9.34. The van der Waals surface area contributed by atoms with Gasteiger partial charge < -0.3 is 20.7 Å². The SMILES string of the molecule is CCNC(=NCC1(SC)CCOCC1)NC1CCCC(C(=O)NC(C)C)C1. The number of guanidine groups is 1. The van der Waals surface area contributed by atoms with E-state index in [0.29, 0.717) is 6.04 Å². The van der Waals surface area contributed by atoms with Crippen molar-refractivity contribution >= 4 is 23.6 Å². The molecular formula is C20H38N4O2S. The molecule has 0 radical (unpaired) electrons. The Morgan fingerprint density at radius 2 is 2.04 bits per heavy atom. The van der Waals surface area contributed by atoms with E-state index in [4.69, 9.17) is 9.73 Å². The Morgan fingerprint density at radius 3 is 2.67 bits per heavy atom. The van der Waals surface area contributed by atoms with Crippen molar-refractivity contribution in [2.75, 3.05) is 32.6 Å². The minimum atomic E-state index is 0.106. The summed E-state index contributed by atoms with van der Waals surface area (Å²) in [5.41, 5.74) is 0. The lowest BCUT2D eigenvalue weighted by molar-refractivity contribution is -0.126. The van der Waals surface area contributed by atoms with Gasteiger partial charge >= 0.3 is 0 Å². The summed E-state index contributed by atoms with van der Waals surface area (Å²) >= 11 is 1.91. The maximum atomic E-state index is 12.4. The zero-order chi connectivity index (χ0) is 19.7. The Balaban J connectivity index is 1.94. The van der Waals surface area contributed by atoms with E-state index in [-0.39, 0.29) is 22.6 Å². The molecule has 1 saturated heterocycles. The number of carbonyl (C=O) groups is 1. The summed E-state index contributed by atoms with van der Waals surface area (Å²) in [6, 6.07) is 0.506. The molecule has 1 amide bonds. The molecule has 1 aliphatic heterocycles. The number of hydrogen-bond donors (Lipinski definition) is 3. The molecule has 0 aromatic carbocycles. The molecule has 3 N–H and O–H groups in total. The standard InChI is InChI=1S/C20H38N4O2S/c1-5-21-19(22-14-20(27-4)9-11-26-12-10-20)24-17-8-6-7-16(13-17)18(25)23-15(2)3/h15-17H,5-14H2,1-4H3,(H,23,25)(H2,21,22,24). The highest BCUT2D eigenvalue weighted by Gasteiger charge is 2.32. The topological polar surface area (TPSA) is 74.8 Å². The van der Waals surface area contributed by atoms with Crippen LogP contribution < -0.4 is 16.0 Å². The van der Waals surface area contributed by atoms with Gasteiger partial charge in [0.2, 0.25) is 5.91 Å². The van der Waals surface area contributed by atoms with Crippen LogP contribution in [0.3, 0.4) is 0 Å². The lowest BCUT2D eigenvalue weighted by Crippen LogP contribution is -2.48. The molecular weight excluding hydrogens is 360 g/mol. The van der Waals surface area contributed by atoms with E-state index in [1.807, 2.05) is 25.6 Å². The van der Waals surface area contributed by atoms with Crippen molar-refractivity contribution in [3.63, 3.8) is 0 Å². The highest BCUT2D eigenvalue weighted by atomic mass is 32.2. The Labute approximate surface area is 169 Å². The predicted octanol–water partition coefficient (Wildman–Crippen LogP) is 2.54. The van der Waals surface area contributed by atoms with Crippen LogP contribution in [0.15, 0.2) is 4.99 Å². The fourth-order valence-electron chi connectivity index (χ4n) is 3.87. The van der Waals surface area contributed by atoms with E-state index >= 15 is 0 Å². The highest BCUT2D eigenvalue weighted by molar-refractivity contribution is 8.00. The number of nitrogens with zero attached hydrogens (tertiary/aromatic N) is 1. The summed E-state index contributed by atoms with van der Waals surface area (Å²) in [4.78, 5) is 17.3. The lowest BCUT2D eigenvalue weighted by Gasteiger charge is -2.35. The van der Waals surface area contributed by atoms with Gasteiger partial charge in [-0.2, -0.15) is 11.8 Å². The summed E-state index contributed by atoms with van der Waals surface area (Å²) in [5.74, 6) is 1.18. The first-order valence-corrected chi connectivity index (χ1v) is 11.7. The quantitative estimate of drug-likeness (QED) is 0.454. The number of ether oxygens (including phenoxy) is 1. The van der Waals surface area contributed by atoms with E-state index in [1.54, 1.807) is 0 Å². The van der Waals surface area contributed by atoms with Gasteiger partial charge in [-0.15, -0.1) is 0 Å². The molecule has 0 aromatic heterocycles. The molecule has 7 heteroatoms. The van der Waals surface area contributed by atoms with Crippen molar-refractivity contribution in [1.29, 1.82) is 0 Å². The summed E-state index contributed by atoms with van der Waals surface area (Å²) in [7, 11) is 0. The van der Waals surface area contributed by atoms with Gasteiger partial charge in [-0.3, -0.25) is 9.79 Å². The molecule has 2 unspecified atom stereocenters. The minimum absolute atomic E-state index is 0.106. The van der Waals surface area contributed by atoms with Crippen LogP contribution in [-0.4, -0.2) is 61.3 Å². The Bertz CT molecular complexity index is 492. The van der Waals surface area contributed by atoms with E-state index in [1.165, 1.54) is 0 Å². The first-order valence-electron chi connectivity index (χ1n) is 10.5. The molecule has 0 spiro atoms. The van der Waals surface area contributed by atoms with Crippen LogP contribution in [0.1, 0.15) is 59.3 Å². The van der Waals surface area contributed by atoms with Crippen molar-refractivity contribution in [1.82, 2.24) is 16.0 Å². The summed E-state index contributed by atoms with van der Waals surface area (Å²) in [6.07, 6.45) is 8.33. The van der Waals surface area contributed by atoms with Crippen LogP contribution in [0.2, 0.25) is 0 Å². The third-order valence-corrected chi connectivity index (χ3v) is 6.93. The van der Waals surface area contributed by atoms with Crippen molar-refractivity contribution in [2.24, 2.45) is 10.9 Å². The molecule has 2 fully saturated rings. The zero-order valence-corrected chi connectivity index (χ0v) is 18.3. The Hall–Kier alpha value is -0.950. The summed E-state index contributed by atoms with van der Waals surface area (Å²) in [6.45, 7) is 9.43. The number of nitrogens with one attached hydrogen (secondary N) is 3. The van der Waals surface area contributed by atoms with E-state index in [9.17, 15) is 4.79 Å². The third kappa shape index (κ3) is 7.18. The number of amides is 1. The smallest absolute Gasteiger partial charge is 0.223 e. The molecule has 2 atom stereocenters. The van der Waals surface area contributed by atoms with Crippen LogP contribution in [-0.2, 0) is 9.53 Å². The van der Waals surface area contributed by atoms with Crippen LogP contribution in [0.25, 0.3) is 0 Å². The second kappa shape index (κ2) is 11.1. The summed E-state index contributed by atoms with van der Waals surface area (Å²) < 4.78 is 5.72. The van der Waals surface area contributed by atoms with Crippen LogP contribution in [0, 0.1) is 5.92 Å². The van der Waals surface area contributed by atoms with E-state index < -0.39 is 0 Å². The highest BCUT2D eigenvalue weighted by Crippen LogP contribution is 2.34. The van der Waals surface area contributed by atoms with Crippen LogP contribution in [0.4, 0.5) is 0 Å². The molecule has 1 saturated carbocycles. The first-order chi connectivity index (χ1) is 13.0. The lowest BCUT2D eigenvalue weighted by atomic mass is 9.85. The number of aliphatic imine (C=N–C) groups is 1. The number of rotatable bonds is 7. The first kappa shape index (κ1) is 22.3. The van der Waals surface area contributed by atoms with Crippen molar-refractivity contribution < 1.29 is 9.53 Å². The second-order valence-electron chi connectivity index (χ2n) is 8.06. The maximum absolute atomic E-state index is 12.4. The molecule has 2 rings (SSSR count). The number of hydrogen-bond acceptors (Lipinski definition) is 4. The Morgan fingerprint density at radius 1 is 1.30 bits per heavy atom. The predicted molar refractivity (Wildman–Crippen MR) is 114 cm³/mol. The zero-order valence-electron chi connectivity index (χ0n) is 17.5. The molecule has 1 aliphatic carbocycles. The molecule has 27 heavy (non-hydrogen) atoms. The molecule has 1 heterocycles. The fourth-order valence-corrected chi connectivity index (χ4v) is 4.64. The van der Waals surface area contributed by atoms with Crippen LogP contribution in [0.5, 0.6) is 0 Å². The molecule has 6 nitrogen and oxygen atoms in total. The monoisotopic (exact) mass is 398 g/mol. The average molecular weight is 399 g/mol. The van der Waals surface area contributed by atoms with Gasteiger partial charge in [0, 0.05) is 42.5 Å². The van der Waals surface area contributed by atoms with Gasteiger partial charge in [-0.25, -0.2) is 0 Å². The minimum Gasteiger partial charge on any atom is -0.381 e. The molecule has 0 bridgehead atoms. The maximum Gasteiger partial charge on any atom is 0.223 e. The van der Waals surface area contributed by atoms with Crippen molar-refractivity contribution in [3.8, 4) is 0 Å². The molecule has 2 aliphatic rings. The van der Waals surface area contributed by atoms with Crippen LogP contribution >= 0.6 is 11.8 Å². The molecule has 156 valence electrons. The normalized spacial score (nSPS) is 25.9. The van der Waals surface area contributed by atoms with E-state index in [0.717, 1.165) is 70.8 Å². The van der Waals surface area contributed by atoms with E-state index in [2.05, 4.69) is 29.1 Å². The third-order valence-electron chi connectivity index (χ3n) is 5.52. The fraction of sp³-hybridized carbons (Fsp3) is 0.900. The molecule has 0 aromatic rings. The summed E-state index contributed by atoms with van der Waals surface area (Å²) in [5, 5.41) is 10.0. The van der Waals surface area contributed by atoms with Gasteiger partial charge in [0.25, 0.3) is 0 Å².